The minimum atomic E-state index is -0.129. The van der Waals surface area contributed by atoms with Crippen LogP contribution in [0.3, 0.4) is 0 Å². The van der Waals surface area contributed by atoms with E-state index < -0.39 is 0 Å². The van der Waals surface area contributed by atoms with Gasteiger partial charge in [-0.05, 0) is 24.3 Å². The molecule has 10 heteroatoms. The molecular weight excluding hydrogens is 1200 g/mol. The molecule has 4 aliphatic heterocycles. The van der Waals surface area contributed by atoms with Gasteiger partial charge >= 0.3 is 454 Å². The molecule has 0 spiro atoms. The molecule has 0 atom stereocenters. The van der Waals surface area contributed by atoms with Crippen LogP contribution in [-0.4, -0.2) is 43.3 Å². The maximum absolute atomic E-state index is 7.53. The van der Waals surface area contributed by atoms with E-state index in [1.165, 1.54) is 61.7 Å². The zero-order chi connectivity index (χ0) is 57.6. The standard InChI is InChI=1S/C78H48B2N4O2Se2/c1-7-23-49(24-8-1)81(50-25-9-2-10-26-50)55-39-41-57-59-45-67-73-75(76(59)85-68(57)43-55)84(54-33-17-6-18-34-54)65-37-21-19-35-61(65)79(73)63-47-64-71(48-66(63)83(67)53-31-15-5-16-32-53)87-72-46-60-58-42-40-56(82(51-27-11-3-12-28-51)52-29-13-4-14-30-52)44-69(58)86-77(60)78-74(72)80(64)62-36-20-22-38-70(62)88-78/h1-48H. The zero-order valence-electron chi connectivity index (χ0n) is 47.3. The molecule has 4 aliphatic rings. The first-order valence-electron chi connectivity index (χ1n) is 30.0. The Morgan fingerprint density at radius 2 is 0.784 bits per heavy atom. The number of hydrogen-bond acceptors (Lipinski definition) is 6. The number of nitrogens with zero attached hydrogens (tertiary/aromatic N) is 4. The summed E-state index contributed by atoms with van der Waals surface area (Å²) in [5, 5.41) is 4.50. The average Bonchev–Trinajstić information content (AvgIpc) is 1.12. The number of furan rings is 2. The van der Waals surface area contributed by atoms with E-state index in [1.54, 1.807) is 0 Å². The van der Waals surface area contributed by atoms with Gasteiger partial charge in [0.05, 0.1) is 0 Å². The molecule has 0 amide bonds. The second-order valence-corrected chi connectivity index (χ2v) is 27.5. The van der Waals surface area contributed by atoms with Gasteiger partial charge in [0.1, 0.15) is 0 Å². The second-order valence-electron chi connectivity index (χ2n) is 23.1. The van der Waals surface area contributed by atoms with E-state index in [0.29, 0.717) is 0 Å². The van der Waals surface area contributed by atoms with Crippen LogP contribution in [0.1, 0.15) is 0 Å². The molecule has 0 aliphatic carbocycles. The van der Waals surface area contributed by atoms with Crippen molar-refractivity contribution in [3.8, 4) is 0 Å². The summed E-state index contributed by atoms with van der Waals surface area (Å²) >= 11 is -0.0306. The van der Waals surface area contributed by atoms with Gasteiger partial charge in [-0.2, -0.15) is 0 Å². The monoisotopic (exact) mass is 1250 g/mol. The van der Waals surface area contributed by atoms with Crippen LogP contribution in [0, 0.1) is 0 Å². The summed E-state index contributed by atoms with van der Waals surface area (Å²) in [4.78, 5) is 9.70. The molecule has 88 heavy (non-hydrogen) atoms. The molecular formula is C78H48B2N4O2Se2. The van der Waals surface area contributed by atoms with Crippen molar-refractivity contribution >= 4 is 206 Å². The molecule has 19 rings (SSSR count). The van der Waals surface area contributed by atoms with Crippen LogP contribution in [0.15, 0.2) is 300 Å². The fraction of sp³-hybridized carbons (Fsp3) is 0. The number of rotatable bonds is 8. The summed E-state index contributed by atoms with van der Waals surface area (Å²) in [5.41, 5.74) is 24.9. The van der Waals surface area contributed by atoms with Crippen molar-refractivity contribution in [1.82, 2.24) is 0 Å². The van der Waals surface area contributed by atoms with Gasteiger partial charge in [0, 0.05) is 11.4 Å². The van der Waals surface area contributed by atoms with Crippen molar-refractivity contribution in [3.05, 3.63) is 291 Å². The van der Waals surface area contributed by atoms with Crippen LogP contribution in [0.4, 0.5) is 68.2 Å². The predicted octanol–water partition coefficient (Wildman–Crippen LogP) is 13.0. The quantitative estimate of drug-likeness (QED) is 0.141. The van der Waals surface area contributed by atoms with Gasteiger partial charge in [0.15, 0.2) is 0 Å². The van der Waals surface area contributed by atoms with E-state index >= 15 is 0 Å². The van der Waals surface area contributed by atoms with E-state index in [0.717, 1.165) is 101 Å². The van der Waals surface area contributed by atoms with E-state index in [-0.39, 0.29) is 43.3 Å². The predicted molar refractivity (Wildman–Crippen MR) is 372 cm³/mol. The number of fused-ring (bicyclic) bond motifs is 16. The van der Waals surface area contributed by atoms with Crippen molar-refractivity contribution in [1.29, 1.82) is 0 Å². The summed E-state index contributed by atoms with van der Waals surface area (Å²) in [7, 11) is 0. The first-order chi connectivity index (χ1) is 43.7. The van der Waals surface area contributed by atoms with Crippen molar-refractivity contribution in [3.63, 3.8) is 0 Å². The Kier molecular flexibility index (Phi) is 11.2. The first-order valence-corrected chi connectivity index (χ1v) is 33.4. The summed E-state index contributed by atoms with van der Waals surface area (Å²) in [5.74, 6) is 0. The normalized spacial score (nSPS) is 13.3. The molecule has 0 fully saturated rings. The van der Waals surface area contributed by atoms with Crippen molar-refractivity contribution in [2.45, 2.75) is 0 Å². The van der Waals surface area contributed by atoms with Gasteiger partial charge in [0.2, 0.25) is 0 Å². The van der Waals surface area contributed by atoms with Gasteiger partial charge in [-0.1, -0.05) is 36.4 Å². The Hall–Kier alpha value is -10.2. The molecule has 410 valence electrons. The van der Waals surface area contributed by atoms with Gasteiger partial charge in [-0.3, -0.25) is 0 Å². The van der Waals surface area contributed by atoms with Crippen molar-refractivity contribution < 1.29 is 8.83 Å². The van der Waals surface area contributed by atoms with E-state index in [4.69, 9.17) is 8.83 Å². The molecule has 0 saturated heterocycles. The maximum atomic E-state index is 7.53. The Bertz CT molecular complexity index is 5240. The second kappa shape index (κ2) is 19.7. The third kappa shape index (κ3) is 7.51. The number of anilines is 12. The topological polar surface area (TPSA) is 39.2 Å². The van der Waals surface area contributed by atoms with E-state index in [9.17, 15) is 0 Å². The van der Waals surface area contributed by atoms with Crippen molar-refractivity contribution in [2.24, 2.45) is 0 Å². The molecule has 6 nitrogen and oxygen atoms in total. The Balaban J connectivity index is 0.844. The Morgan fingerprint density at radius 3 is 1.38 bits per heavy atom. The average molecular weight is 1250 g/mol. The molecule has 2 aromatic heterocycles. The molecule has 0 N–H and O–H groups in total. The summed E-state index contributed by atoms with van der Waals surface area (Å²) in [6, 6.07) is 107. The molecule has 6 heterocycles. The van der Waals surface area contributed by atoms with Crippen LogP contribution < -0.4 is 70.2 Å². The van der Waals surface area contributed by atoms with Crippen LogP contribution in [0.25, 0.3) is 43.9 Å². The molecule has 0 saturated carbocycles. The summed E-state index contributed by atoms with van der Waals surface area (Å²) in [6.45, 7) is -0.104. The Morgan fingerprint density at radius 1 is 0.295 bits per heavy atom. The van der Waals surface area contributed by atoms with Crippen LogP contribution in [-0.2, 0) is 0 Å². The van der Waals surface area contributed by atoms with Gasteiger partial charge in [0.25, 0.3) is 0 Å². The zero-order valence-corrected chi connectivity index (χ0v) is 50.7. The summed E-state index contributed by atoms with van der Waals surface area (Å²) < 4.78 is 20.5. The van der Waals surface area contributed by atoms with Crippen molar-refractivity contribution in [2.75, 3.05) is 19.6 Å². The number of hydrogen-bond donors (Lipinski definition) is 0. The van der Waals surface area contributed by atoms with Crippen LogP contribution in [0.5, 0.6) is 0 Å². The third-order valence-corrected chi connectivity index (χ3v) is 23.2. The number of benzene rings is 13. The molecule has 13 aromatic carbocycles. The minimum absolute atomic E-state index is 0.0105. The van der Waals surface area contributed by atoms with Gasteiger partial charge < -0.3 is 0 Å². The molecule has 0 bridgehead atoms. The van der Waals surface area contributed by atoms with Gasteiger partial charge in [-0.15, -0.1) is 0 Å². The fourth-order valence-electron chi connectivity index (χ4n) is 14.6. The van der Waals surface area contributed by atoms with E-state index in [2.05, 4.69) is 311 Å². The first kappa shape index (κ1) is 50.0. The molecule has 0 radical (unpaired) electrons. The Labute approximate surface area is 522 Å². The van der Waals surface area contributed by atoms with Crippen LogP contribution in [0.2, 0.25) is 0 Å². The summed E-state index contributed by atoms with van der Waals surface area (Å²) in [6.07, 6.45) is 0. The molecule has 15 aromatic rings. The number of para-hydroxylation sites is 7. The molecule has 0 unspecified atom stereocenters. The van der Waals surface area contributed by atoms with Crippen LogP contribution >= 0.6 is 0 Å². The third-order valence-electron chi connectivity index (χ3n) is 18.3. The SMILES string of the molecule is c1ccc(N(c2ccccc2)c2ccc3c(c2)oc2c4c5c(cc23)[Se]c2cc3c(cc2B5c2ccccc2[Se]4)B2c4ccccc4N(c4ccccc4)c4c2c(cc2c4oc4cc(N(c5ccccc5)c5ccccc5)ccc42)N3c2ccccc2)cc1. The van der Waals surface area contributed by atoms with Gasteiger partial charge in [-0.25, -0.2) is 0 Å². The fourth-order valence-corrected chi connectivity index (χ4v) is 20.1. The van der Waals surface area contributed by atoms with E-state index in [1.807, 2.05) is 0 Å².